The number of hydrogen-bond donors (Lipinski definition) is 1. The zero-order valence-corrected chi connectivity index (χ0v) is 11.2. The van der Waals surface area contributed by atoms with Gasteiger partial charge in [-0.05, 0) is 25.7 Å². The van der Waals surface area contributed by atoms with Gasteiger partial charge in [-0.3, -0.25) is 9.69 Å². The highest BCUT2D eigenvalue weighted by Crippen LogP contribution is 2.37. The Morgan fingerprint density at radius 2 is 2.12 bits per heavy atom. The lowest BCUT2D eigenvalue weighted by Gasteiger charge is -2.46. The number of ether oxygens (including phenoxy) is 1. The Morgan fingerprint density at radius 3 is 2.47 bits per heavy atom. The predicted molar refractivity (Wildman–Crippen MR) is 65.1 cm³/mol. The summed E-state index contributed by atoms with van der Waals surface area (Å²) in [5.74, 6) is -1.17. The van der Waals surface area contributed by atoms with Crippen molar-refractivity contribution in [1.29, 1.82) is 0 Å². The normalized spacial score (nSPS) is 23.1. The number of carbonyl (C=O) groups excluding carboxylic acids is 2. The van der Waals surface area contributed by atoms with E-state index in [9.17, 15) is 9.59 Å². The van der Waals surface area contributed by atoms with Gasteiger partial charge in [-0.1, -0.05) is 0 Å². The molecule has 1 amide bonds. The molecule has 17 heavy (non-hydrogen) atoms. The maximum Gasteiger partial charge on any atom is 0.354 e. The van der Waals surface area contributed by atoms with E-state index in [1.165, 1.54) is 23.8 Å². The molecule has 1 saturated heterocycles. The summed E-state index contributed by atoms with van der Waals surface area (Å²) in [7, 11) is 1.28. The number of esters is 1. The van der Waals surface area contributed by atoms with E-state index in [1.54, 1.807) is 13.8 Å². The molecule has 1 heterocycles. The lowest BCUT2D eigenvalue weighted by Crippen LogP contribution is -2.61. The number of hydrogen-bond acceptors (Lipinski definition) is 5. The molecule has 0 spiro atoms. The van der Waals surface area contributed by atoms with Crippen molar-refractivity contribution in [3.8, 4) is 0 Å². The molecule has 0 radical (unpaired) electrons. The number of thioether (sulfide) groups is 1. The number of methoxy groups -OCH3 is 1. The molecule has 2 atom stereocenters. The summed E-state index contributed by atoms with van der Waals surface area (Å²) >= 11 is 1.43. The van der Waals surface area contributed by atoms with Crippen LogP contribution in [0, 0.1) is 5.92 Å². The van der Waals surface area contributed by atoms with E-state index < -0.39 is 11.9 Å². The van der Waals surface area contributed by atoms with Crippen molar-refractivity contribution in [2.24, 2.45) is 5.92 Å². The summed E-state index contributed by atoms with van der Waals surface area (Å²) in [6.07, 6.45) is 1.84. The highest BCUT2D eigenvalue weighted by Gasteiger charge is 2.50. The second-order valence-electron chi connectivity index (χ2n) is 3.96. The number of aliphatic hydroxyl groups is 1. The van der Waals surface area contributed by atoms with Crippen LogP contribution in [0.25, 0.3) is 0 Å². The SMILES string of the molecule is COC(=O)C(=C(C)C)N1C(=O)C(CO)C1SC. The van der Waals surface area contributed by atoms with Crippen LogP contribution >= 0.6 is 11.8 Å². The summed E-state index contributed by atoms with van der Waals surface area (Å²) in [5, 5.41) is 8.90. The standard InChI is InChI=1S/C11H17NO4S/c1-6(2)8(11(15)16-3)12-9(14)7(5-13)10(12)17-4/h7,10,13H,5H2,1-4H3. The van der Waals surface area contributed by atoms with E-state index in [1.807, 2.05) is 6.26 Å². The van der Waals surface area contributed by atoms with Gasteiger partial charge in [-0.25, -0.2) is 4.79 Å². The van der Waals surface area contributed by atoms with Gasteiger partial charge in [0.15, 0.2) is 0 Å². The van der Waals surface area contributed by atoms with Crippen LogP contribution in [0.4, 0.5) is 0 Å². The summed E-state index contributed by atoms with van der Waals surface area (Å²) in [6, 6.07) is 0. The van der Waals surface area contributed by atoms with Gasteiger partial charge in [0.2, 0.25) is 5.91 Å². The molecular formula is C11H17NO4S. The maximum absolute atomic E-state index is 11.8. The van der Waals surface area contributed by atoms with Gasteiger partial charge in [-0.2, -0.15) is 0 Å². The number of carbonyl (C=O) groups is 2. The summed E-state index contributed by atoms with van der Waals surface area (Å²) < 4.78 is 4.68. The Kier molecular flexibility index (Phi) is 4.59. The zero-order chi connectivity index (χ0) is 13.2. The lowest BCUT2D eigenvalue weighted by atomic mass is 9.97. The van der Waals surface area contributed by atoms with Gasteiger partial charge in [-0.15, -0.1) is 11.8 Å². The third-order valence-electron chi connectivity index (χ3n) is 2.68. The molecule has 1 fully saturated rings. The maximum atomic E-state index is 11.8. The van der Waals surface area contributed by atoms with Crippen molar-refractivity contribution in [3.63, 3.8) is 0 Å². The fourth-order valence-electron chi connectivity index (χ4n) is 1.84. The molecule has 1 rings (SSSR count). The molecule has 0 aliphatic carbocycles. The lowest BCUT2D eigenvalue weighted by molar-refractivity contribution is -0.155. The first-order valence-electron chi connectivity index (χ1n) is 5.22. The van der Waals surface area contributed by atoms with Crippen LogP contribution in [0.3, 0.4) is 0 Å². The van der Waals surface area contributed by atoms with E-state index in [-0.39, 0.29) is 23.6 Å². The summed E-state index contributed by atoms with van der Waals surface area (Å²) in [6.45, 7) is 3.31. The second-order valence-corrected chi connectivity index (χ2v) is 4.92. The highest BCUT2D eigenvalue weighted by molar-refractivity contribution is 7.99. The minimum Gasteiger partial charge on any atom is -0.464 e. The Morgan fingerprint density at radius 1 is 1.53 bits per heavy atom. The first-order valence-corrected chi connectivity index (χ1v) is 6.50. The van der Waals surface area contributed by atoms with Crippen LogP contribution < -0.4 is 0 Å². The van der Waals surface area contributed by atoms with Crippen molar-refractivity contribution in [2.75, 3.05) is 20.0 Å². The number of β-lactam (4-membered cyclic amide) rings is 1. The minimum atomic E-state index is -0.520. The van der Waals surface area contributed by atoms with Crippen LogP contribution in [0.1, 0.15) is 13.8 Å². The molecule has 5 nitrogen and oxygen atoms in total. The summed E-state index contributed by atoms with van der Waals surface area (Å²) in [5.41, 5.74) is 1.00. The molecule has 0 bridgehead atoms. The molecular weight excluding hydrogens is 242 g/mol. The largest absolute Gasteiger partial charge is 0.464 e. The van der Waals surface area contributed by atoms with E-state index in [2.05, 4.69) is 4.74 Å². The Bertz CT molecular complexity index is 362. The third-order valence-corrected chi connectivity index (χ3v) is 3.71. The molecule has 6 heteroatoms. The van der Waals surface area contributed by atoms with Crippen LogP contribution in [-0.2, 0) is 14.3 Å². The van der Waals surface area contributed by atoms with E-state index >= 15 is 0 Å². The third kappa shape index (κ3) is 2.32. The quantitative estimate of drug-likeness (QED) is 0.455. The number of allylic oxidation sites excluding steroid dienone is 1. The Labute approximate surface area is 105 Å². The van der Waals surface area contributed by atoms with Gasteiger partial charge < -0.3 is 9.84 Å². The fourth-order valence-corrected chi connectivity index (χ4v) is 2.79. The number of rotatable bonds is 4. The second kappa shape index (κ2) is 5.55. The molecule has 1 aliphatic rings. The van der Waals surface area contributed by atoms with E-state index in [0.29, 0.717) is 0 Å². The van der Waals surface area contributed by atoms with Crippen molar-refractivity contribution in [3.05, 3.63) is 11.3 Å². The van der Waals surface area contributed by atoms with E-state index in [0.717, 1.165) is 5.57 Å². The molecule has 1 N–H and O–H groups in total. The van der Waals surface area contributed by atoms with E-state index in [4.69, 9.17) is 5.11 Å². The van der Waals surface area contributed by atoms with Crippen molar-refractivity contribution in [1.82, 2.24) is 4.90 Å². The zero-order valence-electron chi connectivity index (χ0n) is 10.4. The van der Waals surface area contributed by atoms with Crippen molar-refractivity contribution >= 4 is 23.6 Å². The van der Waals surface area contributed by atoms with Gasteiger partial charge in [0, 0.05) is 0 Å². The monoisotopic (exact) mass is 259 g/mol. The van der Waals surface area contributed by atoms with Gasteiger partial charge in [0.05, 0.1) is 25.0 Å². The van der Waals surface area contributed by atoms with Crippen molar-refractivity contribution < 1.29 is 19.4 Å². The summed E-state index contributed by atoms with van der Waals surface area (Å²) in [4.78, 5) is 24.9. The molecule has 0 aromatic rings. The van der Waals surface area contributed by atoms with Crippen LogP contribution in [0.2, 0.25) is 0 Å². The smallest absolute Gasteiger partial charge is 0.354 e. The molecule has 2 unspecified atom stereocenters. The predicted octanol–water partition coefficient (Wildman–Crippen LogP) is 0.593. The highest BCUT2D eigenvalue weighted by atomic mass is 32.2. The average Bonchev–Trinajstić information content (AvgIpc) is 2.30. The topological polar surface area (TPSA) is 66.8 Å². The molecule has 96 valence electrons. The molecule has 0 saturated carbocycles. The molecule has 0 aromatic carbocycles. The van der Waals surface area contributed by atoms with Crippen molar-refractivity contribution in [2.45, 2.75) is 19.2 Å². The number of aliphatic hydroxyl groups excluding tert-OH is 1. The van der Waals surface area contributed by atoms with Crippen LogP contribution in [-0.4, -0.2) is 47.2 Å². The van der Waals surface area contributed by atoms with Crippen LogP contribution in [0.15, 0.2) is 11.3 Å². The van der Waals surface area contributed by atoms with Gasteiger partial charge in [0.25, 0.3) is 0 Å². The van der Waals surface area contributed by atoms with Gasteiger partial charge >= 0.3 is 5.97 Å². The first-order chi connectivity index (χ1) is 7.99. The Balaban J connectivity index is 3.03. The number of amides is 1. The van der Waals surface area contributed by atoms with Crippen LogP contribution in [0.5, 0.6) is 0 Å². The average molecular weight is 259 g/mol. The molecule has 0 aromatic heterocycles. The molecule has 1 aliphatic heterocycles. The fraction of sp³-hybridized carbons (Fsp3) is 0.636. The Hall–Kier alpha value is -1.01. The first kappa shape index (κ1) is 14.1. The van der Waals surface area contributed by atoms with Gasteiger partial charge in [0.1, 0.15) is 5.70 Å². The number of nitrogens with zero attached hydrogens (tertiary/aromatic N) is 1. The minimum absolute atomic E-state index is 0.196. The number of likely N-dealkylation sites (tertiary alicyclic amines) is 1.